The molecule has 1 aromatic carbocycles. The van der Waals surface area contributed by atoms with Crippen LogP contribution in [0.15, 0.2) is 42.7 Å². The van der Waals surface area contributed by atoms with Crippen LogP contribution in [0.4, 0.5) is 16.3 Å². The summed E-state index contributed by atoms with van der Waals surface area (Å²) in [5, 5.41) is 0. The van der Waals surface area contributed by atoms with Crippen molar-refractivity contribution in [3.63, 3.8) is 0 Å². The van der Waals surface area contributed by atoms with Crippen LogP contribution in [0.5, 0.6) is 0 Å². The summed E-state index contributed by atoms with van der Waals surface area (Å²) >= 11 is 0. The van der Waals surface area contributed by atoms with E-state index in [2.05, 4.69) is 24.8 Å². The summed E-state index contributed by atoms with van der Waals surface area (Å²) in [6, 6.07) is 8.50. The van der Waals surface area contributed by atoms with Crippen molar-refractivity contribution >= 4 is 11.9 Å². The van der Waals surface area contributed by atoms with Gasteiger partial charge in [0.2, 0.25) is 11.9 Å². The van der Waals surface area contributed by atoms with Crippen molar-refractivity contribution < 1.29 is 9.13 Å². The van der Waals surface area contributed by atoms with E-state index in [9.17, 15) is 4.39 Å². The number of morpholine rings is 1. The predicted molar refractivity (Wildman–Crippen MR) is 124 cm³/mol. The molecule has 8 nitrogen and oxygen atoms in total. The molecule has 3 aromatic rings. The maximum atomic E-state index is 13.5. The number of likely N-dealkylation sites (tertiary alicyclic amines) is 1. The molecule has 1 atom stereocenters. The van der Waals surface area contributed by atoms with Crippen molar-refractivity contribution in [2.45, 2.75) is 31.8 Å². The second kappa shape index (κ2) is 9.76. The summed E-state index contributed by atoms with van der Waals surface area (Å²) < 4.78 is 19.0. The number of ether oxygens (including phenoxy) is 1. The number of nitrogens with zero attached hydrogens (tertiary/aromatic N) is 6. The molecule has 0 bridgehead atoms. The lowest BCUT2D eigenvalue weighted by Crippen LogP contribution is -2.38. The largest absolute Gasteiger partial charge is 0.378 e. The van der Waals surface area contributed by atoms with Crippen LogP contribution >= 0.6 is 0 Å². The van der Waals surface area contributed by atoms with Gasteiger partial charge < -0.3 is 15.4 Å². The minimum atomic E-state index is -0.268. The van der Waals surface area contributed by atoms with Crippen molar-refractivity contribution in [3.8, 4) is 11.1 Å². The highest BCUT2D eigenvalue weighted by Gasteiger charge is 2.29. The third kappa shape index (κ3) is 4.94. The second-order valence-corrected chi connectivity index (χ2v) is 8.46. The zero-order chi connectivity index (χ0) is 22.6. The molecule has 33 heavy (non-hydrogen) atoms. The van der Waals surface area contributed by atoms with Crippen molar-refractivity contribution in [2.24, 2.45) is 0 Å². The minimum Gasteiger partial charge on any atom is -0.378 e. The first-order chi connectivity index (χ1) is 16.2. The van der Waals surface area contributed by atoms with E-state index in [1.54, 1.807) is 18.3 Å². The number of hydrogen-bond donors (Lipinski definition) is 1. The van der Waals surface area contributed by atoms with Crippen LogP contribution in [0.2, 0.25) is 0 Å². The SMILES string of the molecule is Nc1ncc(-c2ccc(F)cc2)c([C@@H]2CCCCN2Cc2ccnc(N3CCOCC3)n2)n1. The quantitative estimate of drug-likeness (QED) is 0.635. The maximum Gasteiger partial charge on any atom is 0.225 e. The van der Waals surface area contributed by atoms with E-state index in [0.717, 1.165) is 67.4 Å². The van der Waals surface area contributed by atoms with E-state index in [-0.39, 0.29) is 17.8 Å². The molecule has 172 valence electrons. The normalized spacial score (nSPS) is 19.5. The Morgan fingerprint density at radius 3 is 2.64 bits per heavy atom. The van der Waals surface area contributed by atoms with Crippen molar-refractivity contribution in [2.75, 3.05) is 43.5 Å². The van der Waals surface area contributed by atoms with Crippen LogP contribution in [0.25, 0.3) is 11.1 Å². The number of aromatic nitrogens is 4. The molecule has 2 N–H and O–H groups in total. The molecule has 0 saturated carbocycles. The third-order valence-corrected chi connectivity index (χ3v) is 6.28. The molecule has 2 saturated heterocycles. The second-order valence-electron chi connectivity index (χ2n) is 8.46. The van der Waals surface area contributed by atoms with E-state index in [4.69, 9.17) is 15.5 Å². The Kier molecular flexibility index (Phi) is 6.41. The molecule has 2 aromatic heterocycles. The molecule has 0 unspecified atom stereocenters. The monoisotopic (exact) mass is 449 g/mol. The number of piperidine rings is 1. The van der Waals surface area contributed by atoms with Gasteiger partial charge in [0.25, 0.3) is 0 Å². The number of nitrogen functional groups attached to an aromatic ring is 1. The molecule has 0 amide bonds. The smallest absolute Gasteiger partial charge is 0.225 e. The van der Waals surface area contributed by atoms with Gasteiger partial charge in [-0.3, -0.25) is 4.90 Å². The lowest BCUT2D eigenvalue weighted by molar-refractivity contribution is 0.121. The van der Waals surface area contributed by atoms with Crippen LogP contribution in [0.1, 0.15) is 36.7 Å². The fraction of sp³-hybridized carbons (Fsp3) is 0.417. The summed E-state index contributed by atoms with van der Waals surface area (Å²) in [6.45, 7) is 4.63. The fourth-order valence-corrected chi connectivity index (χ4v) is 4.60. The zero-order valence-electron chi connectivity index (χ0n) is 18.5. The Morgan fingerprint density at radius 1 is 1.00 bits per heavy atom. The molecular formula is C24H28FN7O. The van der Waals surface area contributed by atoms with Gasteiger partial charge in [0.05, 0.1) is 30.6 Å². The third-order valence-electron chi connectivity index (χ3n) is 6.28. The summed E-state index contributed by atoms with van der Waals surface area (Å²) in [5.41, 5.74) is 9.63. The van der Waals surface area contributed by atoms with Gasteiger partial charge in [-0.1, -0.05) is 18.6 Å². The molecule has 0 spiro atoms. The molecule has 5 rings (SSSR count). The van der Waals surface area contributed by atoms with E-state index in [0.29, 0.717) is 19.8 Å². The highest BCUT2D eigenvalue weighted by atomic mass is 19.1. The van der Waals surface area contributed by atoms with Gasteiger partial charge in [0.1, 0.15) is 5.82 Å². The predicted octanol–water partition coefficient (Wildman–Crippen LogP) is 3.22. The van der Waals surface area contributed by atoms with Gasteiger partial charge in [0, 0.05) is 37.6 Å². The molecule has 2 fully saturated rings. The Bertz CT molecular complexity index is 1090. The first-order valence-corrected chi connectivity index (χ1v) is 11.4. The van der Waals surface area contributed by atoms with Crippen LogP contribution in [0.3, 0.4) is 0 Å². The number of halogens is 1. The van der Waals surface area contributed by atoms with Gasteiger partial charge in [-0.15, -0.1) is 0 Å². The van der Waals surface area contributed by atoms with E-state index in [1.807, 2.05) is 12.3 Å². The van der Waals surface area contributed by atoms with E-state index >= 15 is 0 Å². The lowest BCUT2D eigenvalue weighted by atomic mass is 9.93. The Hall–Kier alpha value is -3.17. The van der Waals surface area contributed by atoms with Crippen LogP contribution in [-0.2, 0) is 11.3 Å². The molecule has 2 aliphatic heterocycles. The highest BCUT2D eigenvalue weighted by Crippen LogP contribution is 2.36. The maximum absolute atomic E-state index is 13.5. The van der Waals surface area contributed by atoms with Gasteiger partial charge in [-0.05, 0) is 43.1 Å². The first-order valence-electron chi connectivity index (χ1n) is 11.4. The van der Waals surface area contributed by atoms with Gasteiger partial charge in [0.15, 0.2) is 0 Å². The molecular weight excluding hydrogens is 421 g/mol. The van der Waals surface area contributed by atoms with E-state index < -0.39 is 0 Å². The average molecular weight is 450 g/mol. The fourth-order valence-electron chi connectivity index (χ4n) is 4.60. The van der Waals surface area contributed by atoms with Crippen molar-refractivity contribution in [3.05, 3.63) is 59.9 Å². The minimum absolute atomic E-state index is 0.0749. The summed E-state index contributed by atoms with van der Waals surface area (Å²) in [4.78, 5) is 22.8. The number of nitrogens with two attached hydrogens (primary N) is 1. The molecule has 2 aliphatic rings. The Balaban J connectivity index is 1.43. The number of rotatable bonds is 5. The van der Waals surface area contributed by atoms with E-state index in [1.165, 1.54) is 12.1 Å². The van der Waals surface area contributed by atoms with Crippen LogP contribution in [-0.4, -0.2) is 57.7 Å². The summed E-state index contributed by atoms with van der Waals surface area (Å²) in [6.07, 6.45) is 6.77. The highest BCUT2D eigenvalue weighted by molar-refractivity contribution is 5.66. The van der Waals surface area contributed by atoms with Gasteiger partial charge >= 0.3 is 0 Å². The number of anilines is 2. The number of hydrogen-bond acceptors (Lipinski definition) is 8. The standard InChI is InChI=1S/C24H28FN7O/c25-18-6-4-17(5-7-18)20-15-28-23(26)30-22(20)21-3-1-2-10-32(21)16-19-8-9-27-24(29-19)31-11-13-33-14-12-31/h4-9,15,21H,1-3,10-14,16H2,(H2,26,28,30)/t21-/m0/s1. The Morgan fingerprint density at radius 2 is 1.82 bits per heavy atom. The van der Waals surface area contributed by atoms with Crippen LogP contribution in [0, 0.1) is 5.82 Å². The summed E-state index contributed by atoms with van der Waals surface area (Å²) in [5.74, 6) is 0.733. The zero-order valence-corrected chi connectivity index (χ0v) is 18.5. The molecule has 9 heteroatoms. The first kappa shape index (κ1) is 21.7. The van der Waals surface area contributed by atoms with Crippen molar-refractivity contribution in [1.82, 2.24) is 24.8 Å². The van der Waals surface area contributed by atoms with Crippen molar-refractivity contribution in [1.29, 1.82) is 0 Å². The molecule has 0 aliphatic carbocycles. The number of benzene rings is 1. The Labute approximate surface area is 192 Å². The topological polar surface area (TPSA) is 93.3 Å². The van der Waals surface area contributed by atoms with Crippen LogP contribution < -0.4 is 10.6 Å². The average Bonchev–Trinajstić information content (AvgIpc) is 2.86. The molecule has 0 radical (unpaired) electrons. The van der Waals surface area contributed by atoms with Gasteiger partial charge in [-0.25, -0.2) is 24.3 Å². The molecule has 4 heterocycles. The summed E-state index contributed by atoms with van der Waals surface area (Å²) in [7, 11) is 0. The van der Waals surface area contributed by atoms with Gasteiger partial charge in [-0.2, -0.15) is 0 Å². The lowest BCUT2D eigenvalue weighted by Gasteiger charge is -2.36.